The average molecular weight is 340 g/mol. The SMILES string of the molecule is O=C(Nc1cccc2cn[nH]c12)C1CCCCC1C(=O)N1CCCC1. The maximum atomic E-state index is 12.9. The minimum Gasteiger partial charge on any atom is -0.342 e. The highest BCUT2D eigenvalue weighted by Gasteiger charge is 2.38. The summed E-state index contributed by atoms with van der Waals surface area (Å²) in [7, 11) is 0. The number of carbonyl (C=O) groups is 2. The van der Waals surface area contributed by atoms with Gasteiger partial charge in [0.2, 0.25) is 11.8 Å². The quantitative estimate of drug-likeness (QED) is 0.902. The molecule has 2 atom stereocenters. The summed E-state index contributed by atoms with van der Waals surface area (Å²) >= 11 is 0. The molecule has 2 amide bonds. The Balaban J connectivity index is 1.52. The van der Waals surface area contributed by atoms with Crippen LogP contribution in [-0.2, 0) is 9.59 Å². The number of amides is 2. The van der Waals surface area contributed by atoms with Gasteiger partial charge < -0.3 is 10.2 Å². The van der Waals surface area contributed by atoms with Crippen molar-refractivity contribution in [3.8, 4) is 0 Å². The maximum absolute atomic E-state index is 12.9. The first kappa shape index (κ1) is 16.1. The minimum absolute atomic E-state index is 0.0423. The Bertz CT molecular complexity index is 779. The first-order chi connectivity index (χ1) is 12.2. The Morgan fingerprint density at radius 1 is 1.08 bits per heavy atom. The number of para-hydroxylation sites is 1. The number of fused-ring (bicyclic) bond motifs is 1. The van der Waals surface area contributed by atoms with Crippen molar-refractivity contribution in [3.05, 3.63) is 24.4 Å². The molecule has 1 aliphatic carbocycles. The second kappa shape index (κ2) is 6.86. The lowest BCUT2D eigenvalue weighted by molar-refractivity contribution is -0.141. The van der Waals surface area contributed by atoms with E-state index in [2.05, 4.69) is 15.5 Å². The Labute approximate surface area is 147 Å². The van der Waals surface area contributed by atoms with Crippen LogP contribution in [-0.4, -0.2) is 40.0 Å². The summed E-state index contributed by atoms with van der Waals surface area (Å²) in [6.45, 7) is 1.69. The number of carbonyl (C=O) groups excluding carboxylic acids is 2. The largest absolute Gasteiger partial charge is 0.342 e. The zero-order valence-corrected chi connectivity index (χ0v) is 14.3. The minimum atomic E-state index is -0.236. The molecule has 2 aromatic rings. The van der Waals surface area contributed by atoms with Crippen molar-refractivity contribution in [3.63, 3.8) is 0 Å². The lowest BCUT2D eigenvalue weighted by atomic mass is 9.77. The number of benzene rings is 1. The third kappa shape index (κ3) is 3.13. The number of rotatable bonds is 3. The van der Waals surface area contributed by atoms with Crippen molar-refractivity contribution in [1.82, 2.24) is 15.1 Å². The summed E-state index contributed by atoms with van der Waals surface area (Å²) in [5.74, 6) is -0.274. The van der Waals surface area contributed by atoms with Crippen molar-refractivity contribution in [2.75, 3.05) is 18.4 Å². The molecule has 2 heterocycles. The lowest BCUT2D eigenvalue weighted by Gasteiger charge is -2.32. The smallest absolute Gasteiger partial charge is 0.228 e. The standard InChI is InChI=1S/C19H24N4O2/c24-18(21-16-9-5-6-13-12-20-22-17(13)16)14-7-1-2-8-15(14)19(25)23-10-3-4-11-23/h5-6,9,12,14-15H,1-4,7-8,10-11H2,(H,20,22)(H,21,24). The third-order valence-corrected chi connectivity index (χ3v) is 5.57. The number of nitrogens with one attached hydrogen (secondary N) is 2. The van der Waals surface area contributed by atoms with E-state index in [4.69, 9.17) is 0 Å². The molecule has 4 rings (SSSR count). The van der Waals surface area contributed by atoms with Crippen LogP contribution in [0.1, 0.15) is 38.5 Å². The third-order valence-electron chi connectivity index (χ3n) is 5.57. The molecule has 2 N–H and O–H groups in total. The van der Waals surface area contributed by atoms with Gasteiger partial charge in [0.05, 0.1) is 17.4 Å². The Hall–Kier alpha value is -2.37. The molecule has 132 valence electrons. The van der Waals surface area contributed by atoms with Crippen LogP contribution >= 0.6 is 0 Å². The van der Waals surface area contributed by atoms with Gasteiger partial charge in [-0.3, -0.25) is 14.7 Å². The average Bonchev–Trinajstić information content (AvgIpc) is 3.33. The summed E-state index contributed by atoms with van der Waals surface area (Å²) in [6.07, 6.45) is 7.55. The summed E-state index contributed by atoms with van der Waals surface area (Å²) < 4.78 is 0. The molecule has 25 heavy (non-hydrogen) atoms. The number of hydrogen-bond acceptors (Lipinski definition) is 3. The van der Waals surface area contributed by atoms with Crippen LogP contribution in [0.15, 0.2) is 24.4 Å². The molecule has 2 aliphatic rings. The van der Waals surface area contributed by atoms with Gasteiger partial charge in [0, 0.05) is 30.3 Å². The van der Waals surface area contributed by atoms with Gasteiger partial charge in [-0.15, -0.1) is 0 Å². The number of aromatic nitrogens is 2. The van der Waals surface area contributed by atoms with Gasteiger partial charge in [0.15, 0.2) is 0 Å². The monoisotopic (exact) mass is 340 g/mol. The van der Waals surface area contributed by atoms with Gasteiger partial charge in [0.25, 0.3) is 0 Å². The fourth-order valence-electron chi connectivity index (χ4n) is 4.21. The molecule has 0 bridgehead atoms. The number of anilines is 1. The number of likely N-dealkylation sites (tertiary alicyclic amines) is 1. The molecule has 1 aromatic carbocycles. The summed E-state index contributed by atoms with van der Waals surface area (Å²) in [4.78, 5) is 27.8. The van der Waals surface area contributed by atoms with E-state index in [-0.39, 0.29) is 23.7 Å². The van der Waals surface area contributed by atoms with Crippen LogP contribution < -0.4 is 5.32 Å². The van der Waals surface area contributed by atoms with Crippen LogP contribution in [0.25, 0.3) is 10.9 Å². The van der Waals surface area contributed by atoms with Gasteiger partial charge >= 0.3 is 0 Å². The topological polar surface area (TPSA) is 78.1 Å². The summed E-state index contributed by atoms with van der Waals surface area (Å²) in [5.41, 5.74) is 1.56. The van der Waals surface area contributed by atoms with Gasteiger partial charge in [-0.1, -0.05) is 25.0 Å². The van der Waals surface area contributed by atoms with Gasteiger partial charge in [-0.2, -0.15) is 5.10 Å². The molecule has 1 aliphatic heterocycles. The van der Waals surface area contributed by atoms with Crippen LogP contribution in [0.2, 0.25) is 0 Å². The Morgan fingerprint density at radius 3 is 2.64 bits per heavy atom. The van der Waals surface area contributed by atoms with Crippen molar-refractivity contribution >= 4 is 28.4 Å². The molecule has 1 saturated heterocycles. The fourth-order valence-corrected chi connectivity index (χ4v) is 4.21. The van der Waals surface area contributed by atoms with Gasteiger partial charge in [-0.25, -0.2) is 0 Å². The van der Waals surface area contributed by atoms with E-state index in [1.165, 1.54) is 0 Å². The van der Waals surface area contributed by atoms with Crippen molar-refractivity contribution in [1.29, 1.82) is 0 Å². The van der Waals surface area contributed by atoms with E-state index in [9.17, 15) is 9.59 Å². The molecule has 0 radical (unpaired) electrons. The molecule has 0 spiro atoms. The number of hydrogen-bond donors (Lipinski definition) is 2. The highest BCUT2D eigenvalue weighted by atomic mass is 16.2. The van der Waals surface area contributed by atoms with Crippen LogP contribution in [0, 0.1) is 11.8 Å². The number of aromatic amines is 1. The van der Waals surface area contributed by atoms with Crippen LogP contribution in [0.3, 0.4) is 0 Å². The van der Waals surface area contributed by atoms with Crippen LogP contribution in [0.5, 0.6) is 0 Å². The number of H-pyrrole nitrogens is 1. The lowest BCUT2D eigenvalue weighted by Crippen LogP contribution is -2.42. The van der Waals surface area contributed by atoms with Gasteiger partial charge in [0.1, 0.15) is 0 Å². The zero-order chi connectivity index (χ0) is 17.2. The Kier molecular flexibility index (Phi) is 4.42. The van der Waals surface area contributed by atoms with Crippen molar-refractivity contribution in [2.45, 2.75) is 38.5 Å². The molecule has 1 aromatic heterocycles. The molecule has 2 fully saturated rings. The van der Waals surface area contributed by atoms with E-state index < -0.39 is 0 Å². The first-order valence-electron chi connectivity index (χ1n) is 9.26. The van der Waals surface area contributed by atoms with E-state index in [1.54, 1.807) is 6.20 Å². The summed E-state index contributed by atoms with van der Waals surface area (Å²) in [5, 5.41) is 11.0. The Morgan fingerprint density at radius 2 is 1.84 bits per heavy atom. The normalized spacial score (nSPS) is 23.8. The van der Waals surface area contributed by atoms with Gasteiger partial charge in [-0.05, 0) is 31.7 Å². The van der Waals surface area contributed by atoms with E-state index in [0.29, 0.717) is 0 Å². The van der Waals surface area contributed by atoms with E-state index in [1.807, 2.05) is 23.1 Å². The van der Waals surface area contributed by atoms with Crippen molar-refractivity contribution < 1.29 is 9.59 Å². The predicted molar refractivity (Wildman–Crippen MR) is 96.0 cm³/mol. The second-order valence-electron chi connectivity index (χ2n) is 7.16. The highest BCUT2D eigenvalue weighted by Crippen LogP contribution is 2.34. The van der Waals surface area contributed by atoms with E-state index >= 15 is 0 Å². The molecule has 2 unspecified atom stereocenters. The molecular weight excluding hydrogens is 316 g/mol. The molecule has 6 heteroatoms. The maximum Gasteiger partial charge on any atom is 0.228 e. The van der Waals surface area contributed by atoms with Crippen molar-refractivity contribution in [2.24, 2.45) is 11.8 Å². The van der Waals surface area contributed by atoms with Crippen LogP contribution in [0.4, 0.5) is 5.69 Å². The fraction of sp³-hybridized carbons (Fsp3) is 0.526. The highest BCUT2D eigenvalue weighted by molar-refractivity contribution is 6.02. The second-order valence-corrected chi connectivity index (χ2v) is 7.16. The molecular formula is C19H24N4O2. The van der Waals surface area contributed by atoms with E-state index in [0.717, 1.165) is 68.2 Å². The predicted octanol–water partition coefficient (Wildman–Crippen LogP) is 2.93. The molecule has 6 nitrogen and oxygen atoms in total. The summed E-state index contributed by atoms with van der Waals surface area (Å²) in [6, 6.07) is 5.73. The zero-order valence-electron chi connectivity index (χ0n) is 14.3. The first-order valence-corrected chi connectivity index (χ1v) is 9.26. The molecule has 1 saturated carbocycles. The number of nitrogens with zero attached hydrogens (tertiary/aromatic N) is 2.